The zero-order valence-corrected chi connectivity index (χ0v) is 11.8. The van der Waals surface area contributed by atoms with Crippen LogP contribution in [-0.4, -0.2) is 22.0 Å². The van der Waals surface area contributed by atoms with Crippen molar-refractivity contribution in [1.29, 1.82) is 0 Å². The standard InChI is InChI=1S/C15H22N4/c1-3-12-13-11(8-16-2)9-17-15(13)19-14(18-12)10-6-4-5-7-10/h9-10,16H,3-8H2,1-2H3,(H,17,18,19). The number of hydrogen-bond acceptors (Lipinski definition) is 3. The summed E-state index contributed by atoms with van der Waals surface area (Å²) in [4.78, 5) is 13.0. The highest BCUT2D eigenvalue weighted by molar-refractivity contribution is 5.82. The van der Waals surface area contributed by atoms with E-state index in [9.17, 15) is 0 Å². The molecule has 0 aromatic carbocycles. The lowest BCUT2D eigenvalue weighted by Crippen LogP contribution is -2.07. The van der Waals surface area contributed by atoms with E-state index in [0.717, 1.165) is 24.4 Å². The lowest BCUT2D eigenvalue weighted by Gasteiger charge is -2.10. The van der Waals surface area contributed by atoms with E-state index in [2.05, 4.69) is 23.4 Å². The van der Waals surface area contributed by atoms with Crippen molar-refractivity contribution in [2.45, 2.75) is 51.5 Å². The van der Waals surface area contributed by atoms with Crippen molar-refractivity contribution in [3.05, 3.63) is 23.3 Å². The molecule has 0 atom stereocenters. The quantitative estimate of drug-likeness (QED) is 0.886. The van der Waals surface area contributed by atoms with E-state index >= 15 is 0 Å². The van der Waals surface area contributed by atoms with E-state index in [0.29, 0.717) is 5.92 Å². The van der Waals surface area contributed by atoms with E-state index in [-0.39, 0.29) is 0 Å². The van der Waals surface area contributed by atoms with Gasteiger partial charge in [-0.05, 0) is 31.9 Å². The number of aromatic amines is 1. The molecule has 4 nitrogen and oxygen atoms in total. The van der Waals surface area contributed by atoms with E-state index < -0.39 is 0 Å². The number of fused-ring (bicyclic) bond motifs is 1. The Morgan fingerprint density at radius 3 is 2.79 bits per heavy atom. The maximum atomic E-state index is 4.86. The molecule has 0 radical (unpaired) electrons. The van der Waals surface area contributed by atoms with Gasteiger partial charge in [0.05, 0.1) is 5.69 Å². The molecule has 2 aromatic heterocycles. The monoisotopic (exact) mass is 258 g/mol. The van der Waals surface area contributed by atoms with Gasteiger partial charge in [0.2, 0.25) is 0 Å². The zero-order chi connectivity index (χ0) is 13.2. The van der Waals surface area contributed by atoms with Crippen LogP contribution in [0.2, 0.25) is 0 Å². The van der Waals surface area contributed by atoms with Crippen LogP contribution in [0, 0.1) is 0 Å². The predicted molar refractivity (Wildman–Crippen MR) is 77.2 cm³/mol. The van der Waals surface area contributed by atoms with Gasteiger partial charge in [0.25, 0.3) is 0 Å². The van der Waals surface area contributed by atoms with Gasteiger partial charge >= 0.3 is 0 Å². The molecule has 0 amide bonds. The molecule has 1 fully saturated rings. The smallest absolute Gasteiger partial charge is 0.141 e. The maximum absolute atomic E-state index is 4.86. The molecule has 0 aliphatic heterocycles. The number of aryl methyl sites for hydroxylation is 1. The number of nitrogens with zero attached hydrogens (tertiary/aromatic N) is 2. The summed E-state index contributed by atoms with van der Waals surface area (Å²) in [6.45, 7) is 3.04. The van der Waals surface area contributed by atoms with Crippen LogP contribution in [-0.2, 0) is 13.0 Å². The zero-order valence-electron chi connectivity index (χ0n) is 11.8. The molecule has 4 heteroatoms. The van der Waals surface area contributed by atoms with Gasteiger partial charge in [0, 0.05) is 24.0 Å². The summed E-state index contributed by atoms with van der Waals surface area (Å²) in [5.41, 5.74) is 3.48. The van der Waals surface area contributed by atoms with Crippen molar-refractivity contribution in [2.24, 2.45) is 0 Å². The molecule has 2 heterocycles. The highest BCUT2D eigenvalue weighted by Gasteiger charge is 2.22. The average molecular weight is 258 g/mol. The SMILES string of the molecule is CCc1nc(C2CCCC2)nc2[nH]cc(CNC)c12. The molecular weight excluding hydrogens is 236 g/mol. The molecule has 0 bridgehead atoms. The van der Waals surface area contributed by atoms with Crippen LogP contribution < -0.4 is 5.32 Å². The van der Waals surface area contributed by atoms with E-state index in [1.807, 2.05) is 7.05 Å². The molecule has 1 aliphatic carbocycles. The van der Waals surface area contributed by atoms with Gasteiger partial charge in [-0.3, -0.25) is 0 Å². The van der Waals surface area contributed by atoms with Gasteiger partial charge in [-0.2, -0.15) is 0 Å². The Morgan fingerprint density at radius 1 is 1.32 bits per heavy atom. The Balaban J connectivity index is 2.08. The maximum Gasteiger partial charge on any atom is 0.141 e. The molecule has 1 aliphatic rings. The van der Waals surface area contributed by atoms with E-state index in [4.69, 9.17) is 9.97 Å². The van der Waals surface area contributed by atoms with Crippen LogP contribution in [0.5, 0.6) is 0 Å². The molecule has 0 saturated heterocycles. The fraction of sp³-hybridized carbons (Fsp3) is 0.600. The number of H-pyrrole nitrogens is 1. The first-order valence-electron chi connectivity index (χ1n) is 7.34. The van der Waals surface area contributed by atoms with Gasteiger partial charge in [0.1, 0.15) is 11.5 Å². The topological polar surface area (TPSA) is 53.6 Å². The summed E-state index contributed by atoms with van der Waals surface area (Å²) >= 11 is 0. The largest absolute Gasteiger partial charge is 0.346 e. The highest BCUT2D eigenvalue weighted by atomic mass is 15.0. The molecule has 102 valence electrons. The Hall–Kier alpha value is -1.42. The Labute approximate surface area is 114 Å². The molecule has 1 saturated carbocycles. The number of aromatic nitrogens is 3. The van der Waals surface area contributed by atoms with Crippen LogP contribution in [0.15, 0.2) is 6.20 Å². The van der Waals surface area contributed by atoms with Crippen molar-refractivity contribution in [1.82, 2.24) is 20.3 Å². The fourth-order valence-corrected chi connectivity index (χ4v) is 3.15. The summed E-state index contributed by atoms with van der Waals surface area (Å²) < 4.78 is 0. The summed E-state index contributed by atoms with van der Waals surface area (Å²) in [6.07, 6.45) is 8.17. The lowest BCUT2D eigenvalue weighted by atomic mass is 10.1. The summed E-state index contributed by atoms with van der Waals surface area (Å²) in [5.74, 6) is 1.63. The normalized spacial score (nSPS) is 16.5. The van der Waals surface area contributed by atoms with Crippen molar-refractivity contribution in [3.63, 3.8) is 0 Å². The molecule has 0 unspecified atom stereocenters. The second kappa shape index (κ2) is 5.29. The minimum Gasteiger partial charge on any atom is -0.346 e. The van der Waals surface area contributed by atoms with Crippen LogP contribution >= 0.6 is 0 Å². The third-order valence-corrected chi connectivity index (χ3v) is 4.13. The van der Waals surface area contributed by atoms with Crippen molar-refractivity contribution in [3.8, 4) is 0 Å². The Kier molecular flexibility index (Phi) is 3.51. The summed E-state index contributed by atoms with van der Waals surface area (Å²) in [5, 5.41) is 4.43. The second-order valence-corrected chi connectivity index (χ2v) is 5.43. The van der Waals surface area contributed by atoms with Gasteiger partial charge in [-0.15, -0.1) is 0 Å². The lowest BCUT2D eigenvalue weighted by molar-refractivity contribution is 0.666. The minimum absolute atomic E-state index is 0.575. The van der Waals surface area contributed by atoms with Crippen LogP contribution in [0.25, 0.3) is 11.0 Å². The average Bonchev–Trinajstić information content (AvgIpc) is 3.07. The predicted octanol–water partition coefficient (Wildman–Crippen LogP) is 2.90. The van der Waals surface area contributed by atoms with Crippen LogP contribution in [0.3, 0.4) is 0 Å². The van der Waals surface area contributed by atoms with Crippen molar-refractivity contribution >= 4 is 11.0 Å². The third kappa shape index (κ3) is 2.25. The molecule has 3 rings (SSSR count). The summed E-state index contributed by atoms with van der Waals surface area (Å²) in [6, 6.07) is 0. The molecule has 0 spiro atoms. The Bertz CT molecular complexity index is 567. The minimum atomic E-state index is 0.575. The molecule has 2 aromatic rings. The fourth-order valence-electron chi connectivity index (χ4n) is 3.15. The first kappa shape index (κ1) is 12.6. The first-order valence-corrected chi connectivity index (χ1v) is 7.34. The first-order chi connectivity index (χ1) is 9.33. The van der Waals surface area contributed by atoms with E-state index in [1.165, 1.54) is 42.3 Å². The van der Waals surface area contributed by atoms with E-state index in [1.54, 1.807) is 0 Å². The van der Waals surface area contributed by atoms with Crippen LogP contribution in [0.1, 0.15) is 55.6 Å². The van der Waals surface area contributed by atoms with Crippen molar-refractivity contribution < 1.29 is 0 Å². The number of nitrogens with one attached hydrogen (secondary N) is 2. The number of rotatable bonds is 4. The van der Waals surface area contributed by atoms with Gasteiger partial charge in [0.15, 0.2) is 0 Å². The molecular formula is C15H22N4. The third-order valence-electron chi connectivity index (χ3n) is 4.13. The Morgan fingerprint density at radius 2 is 2.11 bits per heavy atom. The van der Waals surface area contributed by atoms with Crippen LogP contribution in [0.4, 0.5) is 0 Å². The summed E-state index contributed by atoms with van der Waals surface area (Å²) in [7, 11) is 1.97. The molecule has 19 heavy (non-hydrogen) atoms. The van der Waals surface area contributed by atoms with Crippen molar-refractivity contribution in [2.75, 3.05) is 7.05 Å². The van der Waals surface area contributed by atoms with Gasteiger partial charge in [-0.1, -0.05) is 19.8 Å². The second-order valence-electron chi connectivity index (χ2n) is 5.43. The van der Waals surface area contributed by atoms with Gasteiger partial charge in [-0.25, -0.2) is 9.97 Å². The number of hydrogen-bond donors (Lipinski definition) is 2. The van der Waals surface area contributed by atoms with Gasteiger partial charge < -0.3 is 10.3 Å². The highest BCUT2D eigenvalue weighted by Crippen LogP contribution is 2.33. The molecule has 2 N–H and O–H groups in total.